The molecule has 1 heterocycles. The first kappa shape index (κ1) is 14.0. The van der Waals surface area contributed by atoms with Gasteiger partial charge >= 0.3 is 0 Å². The first-order chi connectivity index (χ1) is 9.65. The zero-order valence-corrected chi connectivity index (χ0v) is 11.2. The molecule has 0 saturated carbocycles. The molecule has 2 rings (SSSR count). The maximum Gasteiger partial charge on any atom is 0.251 e. The van der Waals surface area contributed by atoms with Crippen molar-refractivity contribution in [2.24, 2.45) is 0 Å². The quantitative estimate of drug-likeness (QED) is 0.905. The van der Waals surface area contributed by atoms with Crippen LogP contribution in [0.2, 0.25) is 5.02 Å². The molecule has 0 radical (unpaired) electrons. The van der Waals surface area contributed by atoms with Gasteiger partial charge in [0, 0.05) is 28.7 Å². The van der Waals surface area contributed by atoms with E-state index < -0.39 is 0 Å². The summed E-state index contributed by atoms with van der Waals surface area (Å²) >= 11 is 5.74. The van der Waals surface area contributed by atoms with E-state index in [-0.39, 0.29) is 18.4 Å². The molecule has 0 fully saturated rings. The van der Waals surface area contributed by atoms with E-state index in [0.717, 1.165) is 0 Å². The van der Waals surface area contributed by atoms with Gasteiger partial charge in [0.25, 0.3) is 5.91 Å². The minimum atomic E-state index is -0.321. The number of halogens is 1. The van der Waals surface area contributed by atoms with Gasteiger partial charge in [-0.15, -0.1) is 0 Å². The third-order valence-electron chi connectivity index (χ3n) is 2.48. The van der Waals surface area contributed by atoms with Gasteiger partial charge in [-0.3, -0.25) is 14.6 Å². The normalized spacial score (nSPS) is 9.85. The van der Waals surface area contributed by atoms with Crippen molar-refractivity contribution in [3.8, 4) is 0 Å². The van der Waals surface area contributed by atoms with Crippen LogP contribution < -0.4 is 10.6 Å². The third kappa shape index (κ3) is 4.07. The lowest BCUT2D eigenvalue weighted by Crippen LogP contribution is -2.32. The van der Waals surface area contributed by atoms with Gasteiger partial charge in [0.1, 0.15) is 0 Å². The summed E-state index contributed by atoms with van der Waals surface area (Å²) in [6.45, 7) is -0.107. The van der Waals surface area contributed by atoms with Gasteiger partial charge in [-0.05, 0) is 36.4 Å². The first-order valence-electron chi connectivity index (χ1n) is 5.89. The van der Waals surface area contributed by atoms with Gasteiger partial charge in [0.2, 0.25) is 5.91 Å². The molecule has 0 aliphatic rings. The Balaban J connectivity index is 1.83. The van der Waals surface area contributed by atoms with Crippen molar-refractivity contribution in [1.29, 1.82) is 0 Å². The number of nitrogens with zero attached hydrogens (tertiary/aromatic N) is 1. The van der Waals surface area contributed by atoms with Gasteiger partial charge in [-0.1, -0.05) is 11.6 Å². The van der Waals surface area contributed by atoms with Crippen LogP contribution in [0.4, 0.5) is 5.69 Å². The fourth-order valence-corrected chi connectivity index (χ4v) is 1.63. The van der Waals surface area contributed by atoms with Crippen LogP contribution in [0.1, 0.15) is 10.4 Å². The smallest absolute Gasteiger partial charge is 0.251 e. The number of hydrogen-bond acceptors (Lipinski definition) is 3. The lowest BCUT2D eigenvalue weighted by atomic mass is 10.2. The highest BCUT2D eigenvalue weighted by atomic mass is 35.5. The van der Waals surface area contributed by atoms with E-state index >= 15 is 0 Å². The average Bonchev–Trinajstić information content (AvgIpc) is 2.48. The summed E-state index contributed by atoms with van der Waals surface area (Å²) in [7, 11) is 0. The van der Waals surface area contributed by atoms with E-state index in [2.05, 4.69) is 15.6 Å². The van der Waals surface area contributed by atoms with Crippen LogP contribution in [0.15, 0.2) is 48.8 Å². The van der Waals surface area contributed by atoms with Crippen LogP contribution in [-0.4, -0.2) is 23.3 Å². The summed E-state index contributed by atoms with van der Waals surface area (Å²) in [5, 5.41) is 5.77. The van der Waals surface area contributed by atoms with Gasteiger partial charge in [-0.2, -0.15) is 0 Å². The van der Waals surface area contributed by atoms with Crippen LogP contribution in [0, 0.1) is 0 Å². The molecule has 0 spiro atoms. The first-order valence-corrected chi connectivity index (χ1v) is 6.26. The lowest BCUT2D eigenvalue weighted by Gasteiger charge is -2.07. The molecule has 6 heteroatoms. The van der Waals surface area contributed by atoms with Crippen molar-refractivity contribution >= 4 is 29.1 Å². The van der Waals surface area contributed by atoms with Crippen molar-refractivity contribution in [3.05, 3.63) is 59.4 Å². The van der Waals surface area contributed by atoms with Crippen molar-refractivity contribution in [1.82, 2.24) is 10.3 Å². The molecule has 0 bridgehead atoms. The molecule has 0 unspecified atom stereocenters. The summed E-state index contributed by atoms with van der Waals surface area (Å²) in [5.74, 6) is -0.631. The monoisotopic (exact) mass is 289 g/mol. The van der Waals surface area contributed by atoms with E-state index in [1.165, 1.54) is 12.4 Å². The Hall–Kier alpha value is -2.40. The fraction of sp³-hybridized carbons (Fsp3) is 0.0714. The van der Waals surface area contributed by atoms with Crippen LogP contribution in [0.5, 0.6) is 0 Å². The Morgan fingerprint density at radius 2 is 1.70 bits per heavy atom. The van der Waals surface area contributed by atoms with Crippen molar-refractivity contribution in [2.45, 2.75) is 0 Å². The fourth-order valence-electron chi connectivity index (χ4n) is 1.50. The van der Waals surface area contributed by atoms with E-state index in [4.69, 9.17) is 11.6 Å². The number of anilines is 1. The largest absolute Gasteiger partial charge is 0.343 e. The van der Waals surface area contributed by atoms with E-state index in [1.54, 1.807) is 36.4 Å². The number of benzene rings is 1. The van der Waals surface area contributed by atoms with E-state index in [9.17, 15) is 9.59 Å². The second-order valence-corrected chi connectivity index (χ2v) is 4.41. The predicted octanol–water partition coefficient (Wildman–Crippen LogP) is 2.10. The second-order valence-electron chi connectivity index (χ2n) is 3.97. The van der Waals surface area contributed by atoms with Crippen LogP contribution in [0.3, 0.4) is 0 Å². The molecule has 0 aliphatic heterocycles. The Morgan fingerprint density at radius 1 is 1.05 bits per heavy atom. The standard InChI is InChI=1S/C14H12ClN3O2/c15-11-1-3-12(4-2-11)18-13(19)9-17-14(20)10-5-7-16-8-6-10/h1-8H,9H2,(H,17,20)(H,18,19). The molecule has 1 aromatic heterocycles. The highest BCUT2D eigenvalue weighted by Crippen LogP contribution is 2.12. The molecule has 0 aliphatic carbocycles. The molecule has 20 heavy (non-hydrogen) atoms. The molecule has 2 N–H and O–H groups in total. The van der Waals surface area contributed by atoms with Crippen molar-refractivity contribution in [3.63, 3.8) is 0 Å². The lowest BCUT2D eigenvalue weighted by molar-refractivity contribution is -0.115. The minimum absolute atomic E-state index is 0.107. The Morgan fingerprint density at radius 3 is 2.35 bits per heavy atom. The molecule has 0 atom stereocenters. The Bertz CT molecular complexity index is 600. The van der Waals surface area contributed by atoms with Crippen LogP contribution in [-0.2, 0) is 4.79 Å². The molecule has 102 valence electrons. The highest BCUT2D eigenvalue weighted by Gasteiger charge is 2.07. The van der Waals surface area contributed by atoms with Gasteiger partial charge in [-0.25, -0.2) is 0 Å². The zero-order valence-electron chi connectivity index (χ0n) is 10.5. The molecule has 5 nitrogen and oxygen atoms in total. The number of carbonyl (C=O) groups is 2. The second kappa shape index (κ2) is 6.68. The molecule has 1 aromatic carbocycles. The molecule has 2 amide bonds. The topological polar surface area (TPSA) is 71.1 Å². The average molecular weight is 290 g/mol. The SMILES string of the molecule is O=C(CNC(=O)c1ccncc1)Nc1ccc(Cl)cc1. The summed E-state index contributed by atoms with van der Waals surface area (Å²) < 4.78 is 0. The van der Waals surface area contributed by atoms with E-state index in [1.807, 2.05) is 0 Å². The zero-order chi connectivity index (χ0) is 14.4. The minimum Gasteiger partial charge on any atom is -0.343 e. The molecule has 2 aromatic rings. The number of pyridine rings is 1. The van der Waals surface area contributed by atoms with Crippen molar-refractivity contribution in [2.75, 3.05) is 11.9 Å². The highest BCUT2D eigenvalue weighted by molar-refractivity contribution is 6.30. The number of amides is 2. The molecule has 0 saturated heterocycles. The van der Waals surface area contributed by atoms with Crippen molar-refractivity contribution < 1.29 is 9.59 Å². The van der Waals surface area contributed by atoms with Crippen LogP contribution in [0.25, 0.3) is 0 Å². The summed E-state index contributed by atoms with van der Waals surface area (Å²) in [4.78, 5) is 27.2. The van der Waals surface area contributed by atoms with Crippen LogP contribution >= 0.6 is 11.6 Å². The number of hydrogen-bond donors (Lipinski definition) is 2. The summed E-state index contributed by atoms with van der Waals surface area (Å²) in [5.41, 5.74) is 1.08. The summed E-state index contributed by atoms with van der Waals surface area (Å²) in [6, 6.07) is 9.87. The number of nitrogens with one attached hydrogen (secondary N) is 2. The van der Waals surface area contributed by atoms with E-state index in [0.29, 0.717) is 16.3 Å². The maximum absolute atomic E-state index is 11.7. The third-order valence-corrected chi connectivity index (χ3v) is 2.73. The van der Waals surface area contributed by atoms with Gasteiger partial charge in [0.05, 0.1) is 6.54 Å². The number of aromatic nitrogens is 1. The molecular weight excluding hydrogens is 278 g/mol. The number of carbonyl (C=O) groups excluding carboxylic acids is 2. The maximum atomic E-state index is 11.7. The Labute approximate surface area is 121 Å². The predicted molar refractivity (Wildman–Crippen MR) is 76.7 cm³/mol. The number of rotatable bonds is 4. The molecular formula is C14H12ClN3O2. The van der Waals surface area contributed by atoms with Gasteiger partial charge < -0.3 is 10.6 Å². The van der Waals surface area contributed by atoms with Gasteiger partial charge in [0.15, 0.2) is 0 Å². The summed E-state index contributed by atoms with van der Waals surface area (Å²) in [6.07, 6.45) is 3.03. The Kier molecular flexibility index (Phi) is 4.68.